The first-order valence-electron chi connectivity index (χ1n) is 6.92. The zero-order valence-corrected chi connectivity index (χ0v) is 11.5. The van der Waals surface area contributed by atoms with Crippen LogP contribution in [0.2, 0.25) is 0 Å². The summed E-state index contributed by atoms with van der Waals surface area (Å²) in [6.07, 6.45) is 10.2. The van der Waals surface area contributed by atoms with E-state index in [4.69, 9.17) is 6.42 Å². The number of aromatic nitrogens is 2. The molecule has 100 valence electrons. The monoisotopic (exact) mass is 255 g/mol. The van der Waals surface area contributed by atoms with Crippen LogP contribution in [0, 0.1) is 12.3 Å². The second kappa shape index (κ2) is 6.96. The first-order chi connectivity index (χ1) is 9.35. The van der Waals surface area contributed by atoms with Crippen molar-refractivity contribution < 1.29 is 0 Å². The van der Waals surface area contributed by atoms with Gasteiger partial charge in [-0.15, -0.1) is 12.3 Å². The van der Waals surface area contributed by atoms with Crippen molar-refractivity contribution in [3.63, 3.8) is 0 Å². The number of hydrogen-bond acceptors (Lipinski definition) is 2. The summed E-state index contributed by atoms with van der Waals surface area (Å²) in [4.78, 5) is 4.43. The van der Waals surface area contributed by atoms with Crippen molar-refractivity contribution in [1.82, 2.24) is 14.9 Å². The molecule has 0 fully saturated rings. The summed E-state index contributed by atoms with van der Waals surface area (Å²) < 4.78 is 2.21. The second-order valence-corrected chi connectivity index (χ2v) is 4.78. The Morgan fingerprint density at radius 2 is 2.26 bits per heavy atom. The molecule has 2 rings (SSSR count). The van der Waals surface area contributed by atoms with Gasteiger partial charge >= 0.3 is 0 Å². The average Bonchev–Trinajstić information content (AvgIpc) is 2.85. The summed E-state index contributed by atoms with van der Waals surface area (Å²) in [6, 6.07) is 8.64. The lowest BCUT2D eigenvalue weighted by atomic mass is 10.1. The van der Waals surface area contributed by atoms with Crippen molar-refractivity contribution in [3.05, 3.63) is 30.6 Å². The van der Waals surface area contributed by atoms with Crippen LogP contribution in [0.1, 0.15) is 26.2 Å². The van der Waals surface area contributed by atoms with E-state index in [0.29, 0.717) is 6.04 Å². The Kier molecular flexibility index (Phi) is 5.00. The lowest BCUT2D eigenvalue weighted by Crippen LogP contribution is -2.33. The fraction of sp³-hybridized carbons (Fsp3) is 0.438. The molecule has 3 nitrogen and oxygen atoms in total. The molecular weight excluding hydrogens is 234 g/mol. The van der Waals surface area contributed by atoms with E-state index in [1.54, 1.807) is 0 Å². The maximum absolute atomic E-state index is 5.37. The Labute approximate surface area is 115 Å². The summed E-state index contributed by atoms with van der Waals surface area (Å²) in [5.74, 6) is 2.73. The minimum Gasteiger partial charge on any atom is -0.329 e. The molecule has 1 N–H and O–H groups in total. The van der Waals surface area contributed by atoms with Crippen LogP contribution in [-0.4, -0.2) is 22.1 Å². The molecule has 1 heterocycles. The fourth-order valence-electron chi connectivity index (χ4n) is 2.26. The highest BCUT2D eigenvalue weighted by Gasteiger charge is 2.10. The fourth-order valence-corrected chi connectivity index (χ4v) is 2.26. The van der Waals surface area contributed by atoms with Gasteiger partial charge in [0.2, 0.25) is 0 Å². The first-order valence-corrected chi connectivity index (χ1v) is 6.92. The summed E-state index contributed by atoms with van der Waals surface area (Å²) >= 11 is 0. The molecule has 0 spiro atoms. The van der Waals surface area contributed by atoms with Gasteiger partial charge in [-0.1, -0.05) is 19.1 Å². The zero-order chi connectivity index (χ0) is 13.5. The van der Waals surface area contributed by atoms with Gasteiger partial charge in [0.25, 0.3) is 0 Å². The van der Waals surface area contributed by atoms with Crippen molar-refractivity contribution in [3.8, 4) is 12.3 Å². The molecule has 1 aromatic heterocycles. The van der Waals surface area contributed by atoms with Crippen LogP contribution >= 0.6 is 0 Å². The Hall–Kier alpha value is -1.79. The number of imidazole rings is 1. The molecule has 2 aromatic rings. The summed E-state index contributed by atoms with van der Waals surface area (Å²) in [7, 11) is 0. The van der Waals surface area contributed by atoms with Crippen LogP contribution in [0.25, 0.3) is 11.0 Å². The van der Waals surface area contributed by atoms with Crippen LogP contribution in [0.15, 0.2) is 30.6 Å². The molecule has 1 unspecified atom stereocenters. The Morgan fingerprint density at radius 3 is 3.05 bits per heavy atom. The molecular formula is C16H21N3. The van der Waals surface area contributed by atoms with E-state index in [1.807, 2.05) is 18.5 Å². The minimum atomic E-state index is 0.411. The lowest BCUT2D eigenvalue weighted by Gasteiger charge is -2.18. The highest BCUT2D eigenvalue weighted by molar-refractivity contribution is 5.74. The van der Waals surface area contributed by atoms with Crippen LogP contribution in [-0.2, 0) is 6.54 Å². The van der Waals surface area contributed by atoms with Crippen LogP contribution in [0.5, 0.6) is 0 Å². The highest BCUT2D eigenvalue weighted by Crippen LogP contribution is 2.13. The van der Waals surface area contributed by atoms with Crippen molar-refractivity contribution >= 4 is 11.0 Å². The molecule has 0 radical (unpaired) electrons. The van der Waals surface area contributed by atoms with Gasteiger partial charge in [0, 0.05) is 19.0 Å². The van der Waals surface area contributed by atoms with Gasteiger partial charge in [0.1, 0.15) is 0 Å². The minimum absolute atomic E-state index is 0.411. The maximum atomic E-state index is 5.37. The normalized spacial score (nSPS) is 12.4. The van der Waals surface area contributed by atoms with E-state index in [-0.39, 0.29) is 0 Å². The molecule has 3 heteroatoms. The molecule has 0 saturated carbocycles. The van der Waals surface area contributed by atoms with Gasteiger partial charge in [-0.25, -0.2) is 4.98 Å². The molecule has 0 saturated heterocycles. The van der Waals surface area contributed by atoms with Crippen molar-refractivity contribution in [2.45, 2.75) is 38.8 Å². The van der Waals surface area contributed by atoms with E-state index in [0.717, 1.165) is 37.9 Å². The molecule has 19 heavy (non-hydrogen) atoms. The van der Waals surface area contributed by atoms with Gasteiger partial charge in [0.05, 0.1) is 17.4 Å². The molecule has 1 aromatic carbocycles. The third-order valence-electron chi connectivity index (χ3n) is 3.26. The van der Waals surface area contributed by atoms with E-state index in [2.05, 4.69) is 39.8 Å². The molecule has 0 aliphatic rings. The Morgan fingerprint density at radius 1 is 1.42 bits per heavy atom. The highest BCUT2D eigenvalue weighted by atomic mass is 15.1. The van der Waals surface area contributed by atoms with Crippen LogP contribution in [0.4, 0.5) is 0 Å². The van der Waals surface area contributed by atoms with Gasteiger partial charge < -0.3 is 9.88 Å². The van der Waals surface area contributed by atoms with Gasteiger partial charge in [-0.2, -0.15) is 0 Å². The summed E-state index contributed by atoms with van der Waals surface area (Å²) in [5.41, 5.74) is 2.24. The lowest BCUT2D eigenvalue weighted by molar-refractivity contribution is 0.432. The molecule has 1 atom stereocenters. The molecule has 0 aliphatic heterocycles. The van der Waals surface area contributed by atoms with Gasteiger partial charge in [0.15, 0.2) is 0 Å². The van der Waals surface area contributed by atoms with Crippen molar-refractivity contribution in [2.24, 2.45) is 0 Å². The molecule has 0 bridgehead atoms. The number of rotatable bonds is 7. The smallest absolute Gasteiger partial charge is 0.0958 e. The Bertz CT molecular complexity index is 550. The number of nitrogens with one attached hydrogen (secondary N) is 1. The number of hydrogen-bond donors (Lipinski definition) is 1. The SMILES string of the molecule is C#CCCC(Cn1cnc2ccccc21)NCCC. The van der Waals surface area contributed by atoms with Crippen LogP contribution < -0.4 is 5.32 Å². The van der Waals surface area contributed by atoms with Gasteiger partial charge in [-0.05, 0) is 31.5 Å². The van der Waals surface area contributed by atoms with E-state index in [9.17, 15) is 0 Å². The third-order valence-corrected chi connectivity index (χ3v) is 3.26. The quantitative estimate of drug-likeness (QED) is 0.771. The van der Waals surface area contributed by atoms with E-state index in [1.165, 1.54) is 5.52 Å². The number of fused-ring (bicyclic) bond motifs is 1. The number of benzene rings is 1. The van der Waals surface area contributed by atoms with Crippen molar-refractivity contribution in [1.29, 1.82) is 0 Å². The number of terminal acetylenes is 1. The largest absolute Gasteiger partial charge is 0.329 e. The topological polar surface area (TPSA) is 29.9 Å². The molecule has 0 aliphatic carbocycles. The zero-order valence-electron chi connectivity index (χ0n) is 11.5. The predicted octanol–water partition coefficient (Wildman–Crippen LogP) is 2.82. The first kappa shape index (κ1) is 13.6. The van der Waals surface area contributed by atoms with Gasteiger partial charge in [-0.3, -0.25) is 0 Å². The average molecular weight is 255 g/mol. The summed E-state index contributed by atoms with van der Waals surface area (Å²) in [5, 5.41) is 3.56. The van der Waals surface area contributed by atoms with E-state index < -0.39 is 0 Å². The van der Waals surface area contributed by atoms with E-state index >= 15 is 0 Å². The second-order valence-electron chi connectivity index (χ2n) is 4.78. The summed E-state index contributed by atoms with van der Waals surface area (Å²) in [6.45, 7) is 4.13. The number of nitrogens with zero attached hydrogens (tertiary/aromatic N) is 2. The standard InChI is InChI=1S/C16H21N3/c1-3-5-8-14(17-11-4-2)12-19-13-18-15-9-6-7-10-16(15)19/h1,6-7,9-10,13-14,17H,4-5,8,11-12H2,2H3. The predicted molar refractivity (Wildman–Crippen MR) is 79.9 cm³/mol. The maximum Gasteiger partial charge on any atom is 0.0958 e. The van der Waals surface area contributed by atoms with Crippen LogP contribution in [0.3, 0.4) is 0 Å². The third kappa shape index (κ3) is 3.59. The Balaban J connectivity index is 2.09. The number of para-hydroxylation sites is 2. The molecule has 0 amide bonds. The van der Waals surface area contributed by atoms with Crippen molar-refractivity contribution in [2.75, 3.05) is 6.54 Å².